The van der Waals surface area contributed by atoms with Crippen molar-refractivity contribution in [3.05, 3.63) is 56.2 Å². The Kier molecular flexibility index (Phi) is 3.93. The van der Waals surface area contributed by atoms with Crippen LogP contribution in [0.1, 0.15) is 28.8 Å². The molecular formula is C17H18BrNOS. The summed E-state index contributed by atoms with van der Waals surface area (Å²) >= 11 is 5.23. The molecule has 1 aliphatic rings. The third kappa shape index (κ3) is 2.79. The van der Waals surface area contributed by atoms with E-state index in [2.05, 4.69) is 46.4 Å². The first-order valence-corrected chi connectivity index (χ1v) is 8.75. The summed E-state index contributed by atoms with van der Waals surface area (Å²) in [6.45, 7) is 2.81. The van der Waals surface area contributed by atoms with Crippen molar-refractivity contribution in [2.24, 2.45) is 0 Å². The van der Waals surface area contributed by atoms with Crippen LogP contribution >= 0.6 is 27.3 Å². The first-order valence-electron chi connectivity index (χ1n) is 7.07. The van der Waals surface area contributed by atoms with Crippen molar-refractivity contribution in [1.29, 1.82) is 0 Å². The van der Waals surface area contributed by atoms with E-state index in [0.29, 0.717) is 6.54 Å². The number of hydrogen-bond acceptors (Lipinski definition) is 2. The second kappa shape index (κ2) is 5.58. The van der Waals surface area contributed by atoms with Gasteiger partial charge in [-0.3, -0.25) is 4.79 Å². The van der Waals surface area contributed by atoms with Gasteiger partial charge in [0.25, 0.3) is 0 Å². The van der Waals surface area contributed by atoms with Gasteiger partial charge in [-0.05, 0) is 54.5 Å². The van der Waals surface area contributed by atoms with E-state index in [9.17, 15) is 4.79 Å². The van der Waals surface area contributed by atoms with E-state index in [1.54, 1.807) is 11.3 Å². The standard InChI is InChI=1S/C17H18BrNOS/c1-12-6-9-21-15(12)11-19(2)16(20)17(7-8-17)13-4-3-5-14(18)10-13/h3-6,9-10H,7-8,11H2,1-2H3. The predicted molar refractivity (Wildman–Crippen MR) is 90.6 cm³/mol. The van der Waals surface area contributed by atoms with E-state index in [4.69, 9.17) is 0 Å². The van der Waals surface area contributed by atoms with E-state index in [1.165, 1.54) is 10.4 Å². The normalized spacial score (nSPS) is 15.8. The quantitative estimate of drug-likeness (QED) is 0.782. The van der Waals surface area contributed by atoms with Crippen LogP contribution in [0.15, 0.2) is 40.2 Å². The fraction of sp³-hybridized carbons (Fsp3) is 0.353. The fourth-order valence-electron chi connectivity index (χ4n) is 2.76. The minimum atomic E-state index is -0.288. The number of rotatable bonds is 4. The summed E-state index contributed by atoms with van der Waals surface area (Å²) in [6.07, 6.45) is 1.91. The molecule has 1 aromatic heterocycles. The molecule has 2 aromatic rings. The molecule has 3 rings (SSSR count). The van der Waals surface area contributed by atoms with Gasteiger partial charge in [-0.15, -0.1) is 11.3 Å². The third-order valence-corrected chi connectivity index (χ3v) is 5.73. The minimum absolute atomic E-state index is 0.244. The number of hydrogen-bond donors (Lipinski definition) is 0. The molecule has 110 valence electrons. The van der Waals surface area contributed by atoms with Crippen LogP contribution < -0.4 is 0 Å². The van der Waals surface area contributed by atoms with Crippen molar-refractivity contribution in [1.82, 2.24) is 4.90 Å². The molecule has 2 nitrogen and oxygen atoms in total. The number of benzene rings is 1. The maximum absolute atomic E-state index is 12.9. The Morgan fingerprint density at radius 2 is 2.14 bits per heavy atom. The van der Waals surface area contributed by atoms with E-state index in [1.807, 2.05) is 24.1 Å². The highest BCUT2D eigenvalue weighted by Crippen LogP contribution is 2.50. The first kappa shape index (κ1) is 14.8. The lowest BCUT2D eigenvalue weighted by atomic mass is 9.94. The van der Waals surface area contributed by atoms with Gasteiger partial charge < -0.3 is 4.90 Å². The van der Waals surface area contributed by atoms with Gasteiger partial charge in [0.05, 0.1) is 12.0 Å². The number of carbonyl (C=O) groups excluding carboxylic acids is 1. The molecule has 1 heterocycles. The summed E-state index contributed by atoms with van der Waals surface area (Å²) < 4.78 is 1.04. The molecule has 0 saturated heterocycles. The topological polar surface area (TPSA) is 20.3 Å². The molecule has 0 bridgehead atoms. The van der Waals surface area contributed by atoms with Crippen LogP contribution in [0.25, 0.3) is 0 Å². The summed E-state index contributed by atoms with van der Waals surface area (Å²) in [4.78, 5) is 16.0. The van der Waals surface area contributed by atoms with E-state index in [-0.39, 0.29) is 11.3 Å². The van der Waals surface area contributed by atoms with Gasteiger partial charge in [-0.2, -0.15) is 0 Å². The molecule has 0 spiro atoms. The Morgan fingerprint density at radius 1 is 1.38 bits per heavy atom. The summed E-state index contributed by atoms with van der Waals surface area (Å²) in [5.41, 5.74) is 2.12. The molecule has 0 radical (unpaired) electrons. The van der Waals surface area contributed by atoms with Crippen LogP contribution in [0.5, 0.6) is 0 Å². The highest BCUT2D eigenvalue weighted by Gasteiger charge is 2.52. The lowest BCUT2D eigenvalue weighted by Gasteiger charge is -2.24. The number of carbonyl (C=O) groups is 1. The molecule has 4 heteroatoms. The first-order chi connectivity index (χ1) is 10.0. The highest BCUT2D eigenvalue weighted by molar-refractivity contribution is 9.10. The Balaban J connectivity index is 1.80. The number of amides is 1. The Hall–Kier alpha value is -1.13. The van der Waals surface area contributed by atoms with Crippen LogP contribution in [0.2, 0.25) is 0 Å². The van der Waals surface area contributed by atoms with Gasteiger partial charge in [-0.25, -0.2) is 0 Å². The zero-order valence-electron chi connectivity index (χ0n) is 12.2. The average Bonchev–Trinajstić information content (AvgIpc) is 3.18. The van der Waals surface area contributed by atoms with Crippen molar-refractivity contribution < 1.29 is 4.79 Å². The lowest BCUT2D eigenvalue weighted by Crippen LogP contribution is -2.36. The van der Waals surface area contributed by atoms with Crippen LogP contribution in [0.4, 0.5) is 0 Å². The average molecular weight is 364 g/mol. The lowest BCUT2D eigenvalue weighted by molar-refractivity contribution is -0.133. The van der Waals surface area contributed by atoms with Crippen molar-refractivity contribution in [3.63, 3.8) is 0 Å². The van der Waals surface area contributed by atoms with Crippen LogP contribution in [-0.4, -0.2) is 17.9 Å². The van der Waals surface area contributed by atoms with Crippen LogP contribution in [-0.2, 0) is 16.8 Å². The van der Waals surface area contributed by atoms with E-state index in [0.717, 1.165) is 22.9 Å². The SMILES string of the molecule is Cc1ccsc1CN(C)C(=O)C1(c2cccc(Br)c2)CC1. The van der Waals surface area contributed by atoms with Crippen LogP contribution in [0, 0.1) is 6.92 Å². The predicted octanol–water partition coefficient (Wildman–Crippen LogP) is 4.51. The molecule has 0 aliphatic heterocycles. The number of halogens is 1. The second-order valence-electron chi connectivity index (χ2n) is 5.78. The maximum Gasteiger partial charge on any atom is 0.233 e. The molecule has 0 atom stereocenters. The number of nitrogens with zero attached hydrogens (tertiary/aromatic N) is 1. The van der Waals surface area contributed by atoms with Crippen molar-refractivity contribution >= 4 is 33.2 Å². The maximum atomic E-state index is 12.9. The molecule has 1 amide bonds. The van der Waals surface area contributed by atoms with Gasteiger partial charge in [0.1, 0.15) is 0 Å². The van der Waals surface area contributed by atoms with Crippen molar-refractivity contribution in [2.75, 3.05) is 7.05 Å². The minimum Gasteiger partial charge on any atom is -0.340 e. The molecule has 21 heavy (non-hydrogen) atoms. The van der Waals surface area contributed by atoms with Gasteiger partial charge in [0, 0.05) is 16.4 Å². The molecule has 1 aliphatic carbocycles. The summed E-state index contributed by atoms with van der Waals surface area (Å²) in [7, 11) is 1.92. The smallest absolute Gasteiger partial charge is 0.233 e. The van der Waals surface area contributed by atoms with Crippen LogP contribution in [0.3, 0.4) is 0 Å². The number of likely N-dealkylation sites (N-methyl/N-ethyl adjacent to an activating group) is 1. The van der Waals surface area contributed by atoms with Gasteiger partial charge in [0.15, 0.2) is 0 Å². The largest absolute Gasteiger partial charge is 0.340 e. The Bertz CT molecular complexity index is 675. The summed E-state index contributed by atoms with van der Waals surface area (Å²) in [5.74, 6) is 0.244. The molecular weight excluding hydrogens is 346 g/mol. The van der Waals surface area contributed by atoms with Crippen molar-refractivity contribution in [3.8, 4) is 0 Å². The van der Waals surface area contributed by atoms with E-state index >= 15 is 0 Å². The van der Waals surface area contributed by atoms with E-state index < -0.39 is 0 Å². The summed E-state index contributed by atoms with van der Waals surface area (Å²) in [6, 6.07) is 10.3. The van der Waals surface area contributed by atoms with Gasteiger partial charge in [0.2, 0.25) is 5.91 Å². The zero-order valence-corrected chi connectivity index (χ0v) is 14.6. The molecule has 1 saturated carbocycles. The summed E-state index contributed by atoms with van der Waals surface area (Å²) in [5, 5.41) is 2.09. The molecule has 1 aromatic carbocycles. The monoisotopic (exact) mass is 363 g/mol. The molecule has 1 fully saturated rings. The Morgan fingerprint density at radius 3 is 2.71 bits per heavy atom. The number of thiophene rings is 1. The highest BCUT2D eigenvalue weighted by atomic mass is 79.9. The Labute approximate surface area is 137 Å². The van der Waals surface area contributed by atoms with Gasteiger partial charge >= 0.3 is 0 Å². The second-order valence-corrected chi connectivity index (χ2v) is 7.70. The fourth-order valence-corrected chi connectivity index (χ4v) is 4.11. The molecule has 0 N–H and O–H groups in total. The zero-order chi connectivity index (χ0) is 15.0. The molecule has 0 unspecified atom stereocenters. The third-order valence-electron chi connectivity index (χ3n) is 4.23. The van der Waals surface area contributed by atoms with Crippen molar-refractivity contribution in [2.45, 2.75) is 31.7 Å². The number of aryl methyl sites for hydroxylation is 1. The van der Waals surface area contributed by atoms with Gasteiger partial charge in [-0.1, -0.05) is 28.1 Å².